The number of benzene rings is 1. The number of hydrogen-bond donors (Lipinski definition) is 2. The van der Waals surface area contributed by atoms with E-state index < -0.39 is 6.09 Å². The van der Waals surface area contributed by atoms with Crippen LogP contribution in [0.4, 0.5) is 4.79 Å². The van der Waals surface area contributed by atoms with Crippen LogP contribution in [0, 0.1) is 0 Å². The van der Waals surface area contributed by atoms with E-state index in [1.165, 1.54) is 11.1 Å². The fraction of sp³-hybridized carbons (Fsp3) is 0.583. The minimum Gasteiger partial charge on any atom is -0.465 e. The van der Waals surface area contributed by atoms with Crippen molar-refractivity contribution in [2.45, 2.75) is 75.9 Å². The zero-order valence-corrected chi connectivity index (χ0v) is 17.8. The zero-order valence-electron chi connectivity index (χ0n) is 17.8. The van der Waals surface area contributed by atoms with E-state index in [4.69, 9.17) is 4.74 Å². The molecule has 6 nitrogen and oxygen atoms in total. The molecule has 1 aromatic heterocycles. The van der Waals surface area contributed by atoms with E-state index in [0.29, 0.717) is 19.1 Å². The Bertz CT molecular complexity index is 814. The number of ether oxygens (including phenoxy) is 1. The lowest BCUT2D eigenvalue weighted by atomic mass is 9.82. The van der Waals surface area contributed by atoms with Crippen LogP contribution in [-0.4, -0.2) is 51.6 Å². The first-order valence-corrected chi connectivity index (χ1v) is 11.4. The molecule has 2 heterocycles. The van der Waals surface area contributed by atoms with Crippen LogP contribution in [0.1, 0.15) is 74.1 Å². The van der Waals surface area contributed by atoms with E-state index in [9.17, 15) is 9.90 Å². The van der Waals surface area contributed by atoms with Crippen molar-refractivity contribution in [3.63, 3.8) is 0 Å². The molecule has 1 saturated carbocycles. The van der Waals surface area contributed by atoms with Crippen molar-refractivity contribution >= 4 is 6.09 Å². The normalized spacial score (nSPS) is 27.2. The number of carboxylic acid groups (broad SMARTS) is 1. The summed E-state index contributed by atoms with van der Waals surface area (Å²) in [6.45, 7) is 3.14. The fourth-order valence-electron chi connectivity index (χ4n) is 5.27. The van der Waals surface area contributed by atoms with Crippen molar-refractivity contribution in [2.24, 2.45) is 0 Å². The molecule has 1 amide bonds. The van der Waals surface area contributed by atoms with Gasteiger partial charge >= 0.3 is 6.09 Å². The Morgan fingerprint density at radius 2 is 1.97 bits per heavy atom. The second kappa shape index (κ2) is 9.65. The summed E-state index contributed by atoms with van der Waals surface area (Å²) in [5.74, 6) is 0.705. The van der Waals surface area contributed by atoms with Gasteiger partial charge in [-0.25, -0.2) is 4.79 Å². The summed E-state index contributed by atoms with van der Waals surface area (Å²) < 4.78 is 6.35. The van der Waals surface area contributed by atoms with Gasteiger partial charge < -0.3 is 14.7 Å². The molecular formula is C24H33N3O3. The maximum atomic E-state index is 11.9. The minimum atomic E-state index is -0.852. The Hall–Kier alpha value is -2.34. The molecular weight excluding hydrogens is 378 g/mol. The van der Waals surface area contributed by atoms with Gasteiger partial charge in [0.2, 0.25) is 0 Å². The molecule has 1 aliphatic heterocycles. The Labute approximate surface area is 178 Å². The second-order valence-electron chi connectivity index (χ2n) is 8.66. The van der Waals surface area contributed by atoms with Crippen LogP contribution in [0.3, 0.4) is 0 Å². The van der Waals surface area contributed by atoms with Crippen LogP contribution in [0.15, 0.2) is 36.5 Å². The highest BCUT2D eigenvalue weighted by Gasteiger charge is 2.38. The van der Waals surface area contributed by atoms with Gasteiger partial charge in [0.15, 0.2) is 0 Å². The zero-order chi connectivity index (χ0) is 20.9. The number of rotatable bonds is 6. The number of aromatic nitrogens is 2. The fourth-order valence-corrected chi connectivity index (χ4v) is 5.27. The maximum Gasteiger partial charge on any atom is 0.407 e. The Kier molecular flexibility index (Phi) is 6.72. The number of hydrogen-bond acceptors (Lipinski definition) is 3. The highest BCUT2D eigenvalue weighted by atomic mass is 16.5. The molecule has 0 bridgehead atoms. The average molecular weight is 412 g/mol. The van der Waals surface area contributed by atoms with Crippen molar-refractivity contribution in [3.8, 4) is 0 Å². The molecule has 0 radical (unpaired) electrons. The predicted octanol–water partition coefficient (Wildman–Crippen LogP) is 4.94. The van der Waals surface area contributed by atoms with Gasteiger partial charge in [-0.1, -0.05) is 37.3 Å². The molecule has 2 fully saturated rings. The highest BCUT2D eigenvalue weighted by Crippen LogP contribution is 2.36. The Morgan fingerprint density at radius 3 is 2.67 bits per heavy atom. The second-order valence-corrected chi connectivity index (χ2v) is 8.66. The number of piperidine rings is 1. The monoisotopic (exact) mass is 411 g/mol. The molecule has 30 heavy (non-hydrogen) atoms. The number of amides is 1. The lowest BCUT2D eigenvalue weighted by Gasteiger charge is -2.40. The molecule has 6 heteroatoms. The number of likely N-dealkylation sites (tertiary alicyclic amines) is 1. The third kappa shape index (κ3) is 4.53. The van der Waals surface area contributed by atoms with Gasteiger partial charge in [0.25, 0.3) is 0 Å². The average Bonchev–Trinajstić information content (AvgIpc) is 3.27. The standard InChI is InChI=1S/C24H33N3O3/c1-2-17-15-25-26-23(17)21-9-6-14-27(24(28)29)22(21)16-30-20-12-10-19(11-13-20)18-7-4-3-5-8-18/h3-5,7-8,15,19-22H,2,6,9-14,16H2,1H3,(H,25,26)(H,28,29)/t19-,20+,21-,22-/m1/s1. The van der Waals surface area contributed by atoms with Crippen LogP contribution < -0.4 is 0 Å². The maximum absolute atomic E-state index is 11.9. The van der Waals surface area contributed by atoms with Crippen LogP contribution in [-0.2, 0) is 11.2 Å². The number of aromatic amines is 1. The molecule has 1 saturated heterocycles. The molecule has 2 N–H and O–H groups in total. The molecule has 0 unspecified atom stereocenters. The number of H-pyrrole nitrogens is 1. The van der Waals surface area contributed by atoms with Gasteiger partial charge in [0.1, 0.15) is 0 Å². The molecule has 162 valence electrons. The summed E-state index contributed by atoms with van der Waals surface area (Å²) in [6.07, 6.45) is 8.35. The highest BCUT2D eigenvalue weighted by molar-refractivity contribution is 5.66. The van der Waals surface area contributed by atoms with Crippen molar-refractivity contribution in [1.82, 2.24) is 15.1 Å². The van der Waals surface area contributed by atoms with Crippen LogP contribution in [0.5, 0.6) is 0 Å². The van der Waals surface area contributed by atoms with Crippen molar-refractivity contribution in [1.29, 1.82) is 0 Å². The molecule has 0 spiro atoms. The Balaban J connectivity index is 1.40. The third-order valence-electron chi connectivity index (χ3n) is 6.96. The van der Waals surface area contributed by atoms with Gasteiger partial charge in [-0.3, -0.25) is 5.10 Å². The van der Waals surface area contributed by atoms with E-state index in [2.05, 4.69) is 47.5 Å². The van der Waals surface area contributed by atoms with Crippen LogP contribution in [0.25, 0.3) is 0 Å². The summed E-state index contributed by atoms with van der Waals surface area (Å²) in [5, 5.41) is 17.3. The molecule has 1 aromatic carbocycles. The van der Waals surface area contributed by atoms with E-state index in [-0.39, 0.29) is 18.1 Å². The smallest absolute Gasteiger partial charge is 0.407 e. The van der Waals surface area contributed by atoms with Gasteiger partial charge in [0.05, 0.1) is 24.4 Å². The Morgan fingerprint density at radius 1 is 1.20 bits per heavy atom. The molecule has 2 aromatic rings. The summed E-state index contributed by atoms with van der Waals surface area (Å²) >= 11 is 0. The molecule has 4 rings (SSSR count). The van der Waals surface area contributed by atoms with E-state index in [1.807, 2.05) is 6.20 Å². The lowest BCUT2D eigenvalue weighted by molar-refractivity contribution is -0.0224. The molecule has 2 aliphatic rings. The number of aryl methyl sites for hydroxylation is 1. The van der Waals surface area contributed by atoms with Gasteiger partial charge in [-0.15, -0.1) is 0 Å². The summed E-state index contributed by atoms with van der Waals surface area (Å²) in [6, 6.07) is 10.6. The van der Waals surface area contributed by atoms with Gasteiger partial charge in [-0.05, 0) is 62.0 Å². The quantitative estimate of drug-likeness (QED) is 0.706. The topological polar surface area (TPSA) is 78.5 Å². The van der Waals surface area contributed by atoms with Crippen molar-refractivity contribution in [3.05, 3.63) is 53.3 Å². The molecule has 1 aliphatic carbocycles. The van der Waals surface area contributed by atoms with Crippen molar-refractivity contribution in [2.75, 3.05) is 13.2 Å². The largest absolute Gasteiger partial charge is 0.465 e. The van der Waals surface area contributed by atoms with E-state index in [1.54, 1.807) is 4.90 Å². The SMILES string of the molecule is CCc1c[nH]nc1[C@@H]1CCCN(C(=O)O)[C@@H]1CO[C@H]1CC[C@@H](c2ccccc2)CC1. The first-order chi connectivity index (χ1) is 14.7. The van der Waals surface area contributed by atoms with E-state index >= 15 is 0 Å². The van der Waals surface area contributed by atoms with Crippen molar-refractivity contribution < 1.29 is 14.6 Å². The van der Waals surface area contributed by atoms with Crippen LogP contribution >= 0.6 is 0 Å². The number of nitrogens with zero attached hydrogens (tertiary/aromatic N) is 2. The van der Waals surface area contributed by atoms with E-state index in [0.717, 1.165) is 50.6 Å². The number of carbonyl (C=O) groups is 1. The first-order valence-electron chi connectivity index (χ1n) is 11.4. The summed E-state index contributed by atoms with van der Waals surface area (Å²) in [5.41, 5.74) is 3.62. The minimum absolute atomic E-state index is 0.0942. The lowest BCUT2D eigenvalue weighted by Crippen LogP contribution is -2.50. The van der Waals surface area contributed by atoms with Gasteiger partial charge in [0, 0.05) is 18.7 Å². The van der Waals surface area contributed by atoms with Crippen LogP contribution in [0.2, 0.25) is 0 Å². The third-order valence-corrected chi connectivity index (χ3v) is 6.96. The summed E-state index contributed by atoms with van der Waals surface area (Å²) in [7, 11) is 0. The first kappa shape index (κ1) is 20.9. The summed E-state index contributed by atoms with van der Waals surface area (Å²) in [4.78, 5) is 13.5. The molecule has 2 atom stereocenters. The number of nitrogens with one attached hydrogen (secondary N) is 1. The van der Waals surface area contributed by atoms with Gasteiger partial charge in [-0.2, -0.15) is 5.10 Å². The predicted molar refractivity (Wildman–Crippen MR) is 116 cm³/mol.